The van der Waals surface area contributed by atoms with Gasteiger partial charge in [-0.1, -0.05) is 13.3 Å². The van der Waals surface area contributed by atoms with Gasteiger partial charge < -0.3 is 15.9 Å². The molecule has 0 aromatic rings. The molecule has 4 heteroatoms. The quantitative estimate of drug-likeness (QED) is 0.460. The Balaban J connectivity index is 2.43. The predicted octanol–water partition coefficient (Wildman–Crippen LogP) is 0.0835. The van der Waals surface area contributed by atoms with Crippen LogP contribution in [0.25, 0.3) is 0 Å². The van der Waals surface area contributed by atoms with Crippen molar-refractivity contribution in [2.24, 2.45) is 11.5 Å². The van der Waals surface area contributed by atoms with Crippen LogP contribution in [0, 0.1) is 0 Å². The molecule has 0 aromatic carbocycles. The third-order valence-corrected chi connectivity index (χ3v) is 5.57. The summed E-state index contributed by atoms with van der Waals surface area (Å²) in [5, 5.41) is -0.472. The predicted molar refractivity (Wildman–Crippen MR) is 48.5 cm³/mol. The highest BCUT2D eigenvalue weighted by Gasteiger charge is 2.33. The highest BCUT2D eigenvalue weighted by atomic mass is 28.3. The van der Waals surface area contributed by atoms with E-state index < -0.39 is 14.3 Å². The largest absolute Gasteiger partial charge is 0.417 e. The molecule has 1 atom stereocenters. The van der Waals surface area contributed by atoms with Gasteiger partial charge in [-0.3, -0.25) is 0 Å². The molecule has 0 spiro atoms. The standard InChI is InChI=1S/C7H18N2OSi/c1-2-7(8,9)11-6-4-3-5-10-11/h11H,2-6,8-9H2,1H3. The average Bonchev–Trinajstić information content (AvgIpc) is 2.06. The molecule has 0 bridgehead atoms. The van der Waals surface area contributed by atoms with Gasteiger partial charge >= 0.3 is 0 Å². The van der Waals surface area contributed by atoms with E-state index >= 15 is 0 Å². The fourth-order valence-electron chi connectivity index (χ4n) is 1.39. The van der Waals surface area contributed by atoms with Gasteiger partial charge in [0.15, 0.2) is 0 Å². The molecule has 0 saturated carbocycles. The van der Waals surface area contributed by atoms with Crippen molar-refractivity contribution in [1.29, 1.82) is 0 Å². The van der Waals surface area contributed by atoms with Crippen molar-refractivity contribution in [2.45, 2.75) is 37.5 Å². The van der Waals surface area contributed by atoms with E-state index in [-0.39, 0.29) is 0 Å². The van der Waals surface area contributed by atoms with E-state index in [1.807, 2.05) is 6.92 Å². The summed E-state index contributed by atoms with van der Waals surface area (Å²) < 4.78 is 5.62. The Morgan fingerprint density at radius 2 is 2.18 bits per heavy atom. The SMILES string of the molecule is CCC(N)(N)[SiH]1CCCCO1. The first kappa shape index (κ1) is 9.19. The van der Waals surface area contributed by atoms with Gasteiger partial charge in [0.05, 0.1) is 5.29 Å². The molecule has 11 heavy (non-hydrogen) atoms. The van der Waals surface area contributed by atoms with Crippen LogP contribution in [0.2, 0.25) is 6.04 Å². The van der Waals surface area contributed by atoms with Crippen LogP contribution in [0.5, 0.6) is 0 Å². The average molecular weight is 174 g/mol. The lowest BCUT2D eigenvalue weighted by Crippen LogP contribution is -2.62. The second-order valence-electron chi connectivity index (χ2n) is 3.32. The van der Waals surface area contributed by atoms with Crippen LogP contribution in [0.1, 0.15) is 26.2 Å². The van der Waals surface area contributed by atoms with Crippen LogP contribution in [0.3, 0.4) is 0 Å². The summed E-state index contributed by atoms with van der Waals surface area (Å²) >= 11 is 0. The van der Waals surface area contributed by atoms with Crippen molar-refractivity contribution in [2.75, 3.05) is 6.61 Å². The van der Waals surface area contributed by atoms with E-state index in [1.54, 1.807) is 0 Å². The molecule has 66 valence electrons. The molecule has 1 rings (SSSR count). The zero-order valence-electron chi connectivity index (χ0n) is 7.18. The van der Waals surface area contributed by atoms with Gasteiger partial charge in [0.2, 0.25) is 9.04 Å². The van der Waals surface area contributed by atoms with Crippen LogP contribution in [-0.2, 0) is 4.43 Å². The monoisotopic (exact) mass is 174 g/mol. The molecule has 1 unspecified atom stereocenters. The molecule has 1 aliphatic heterocycles. The summed E-state index contributed by atoms with van der Waals surface area (Å²) in [7, 11) is -1.28. The maximum atomic E-state index is 5.91. The Morgan fingerprint density at radius 1 is 1.45 bits per heavy atom. The summed E-state index contributed by atoms with van der Waals surface area (Å²) in [6.07, 6.45) is 3.28. The Morgan fingerprint density at radius 3 is 2.64 bits per heavy atom. The van der Waals surface area contributed by atoms with Gasteiger partial charge in [0.1, 0.15) is 0 Å². The first-order chi connectivity index (χ1) is 5.17. The lowest BCUT2D eigenvalue weighted by atomic mass is 10.4. The zero-order valence-corrected chi connectivity index (χ0v) is 8.33. The number of hydrogen-bond acceptors (Lipinski definition) is 3. The molecule has 0 amide bonds. The van der Waals surface area contributed by atoms with Crippen molar-refractivity contribution in [3.63, 3.8) is 0 Å². The molecular formula is C7H18N2OSi. The maximum absolute atomic E-state index is 5.91. The Labute approximate surface area is 69.8 Å². The molecule has 0 radical (unpaired) electrons. The summed E-state index contributed by atoms with van der Waals surface area (Å²) in [6.45, 7) is 2.91. The van der Waals surface area contributed by atoms with E-state index in [1.165, 1.54) is 12.8 Å². The van der Waals surface area contributed by atoms with E-state index in [4.69, 9.17) is 15.9 Å². The third-order valence-electron chi connectivity index (χ3n) is 2.39. The zero-order chi connectivity index (χ0) is 8.32. The topological polar surface area (TPSA) is 61.3 Å². The van der Waals surface area contributed by atoms with Gasteiger partial charge in [-0.15, -0.1) is 0 Å². The Bertz CT molecular complexity index is 124. The van der Waals surface area contributed by atoms with Crippen molar-refractivity contribution < 1.29 is 4.43 Å². The number of hydrogen-bond donors (Lipinski definition) is 2. The van der Waals surface area contributed by atoms with Crippen LogP contribution in [0.4, 0.5) is 0 Å². The van der Waals surface area contributed by atoms with E-state index in [2.05, 4.69) is 0 Å². The summed E-state index contributed by atoms with van der Waals surface area (Å²) in [6, 6.07) is 1.15. The van der Waals surface area contributed by atoms with Crippen LogP contribution >= 0.6 is 0 Å². The smallest absolute Gasteiger partial charge is 0.211 e. The molecule has 1 aliphatic rings. The van der Waals surface area contributed by atoms with Gasteiger partial charge in [-0.2, -0.15) is 0 Å². The van der Waals surface area contributed by atoms with Gasteiger partial charge in [-0.05, 0) is 18.9 Å². The Hall–Kier alpha value is 0.0969. The highest BCUT2D eigenvalue weighted by molar-refractivity contribution is 6.55. The number of nitrogens with two attached hydrogens (primary N) is 2. The van der Waals surface area contributed by atoms with Crippen molar-refractivity contribution >= 4 is 9.04 Å². The molecular weight excluding hydrogens is 156 g/mol. The lowest BCUT2D eigenvalue weighted by Gasteiger charge is -2.33. The van der Waals surface area contributed by atoms with E-state index in [0.717, 1.165) is 19.1 Å². The first-order valence-corrected chi connectivity index (χ1v) is 6.22. The molecule has 1 fully saturated rings. The second kappa shape index (κ2) is 3.67. The normalized spacial score (nSPS) is 27.0. The van der Waals surface area contributed by atoms with Gasteiger partial charge in [-0.25, -0.2) is 0 Å². The van der Waals surface area contributed by atoms with E-state index in [0.29, 0.717) is 0 Å². The van der Waals surface area contributed by atoms with Gasteiger partial charge in [0.25, 0.3) is 0 Å². The molecule has 4 N–H and O–H groups in total. The molecule has 1 heterocycles. The highest BCUT2D eigenvalue weighted by Crippen LogP contribution is 2.17. The van der Waals surface area contributed by atoms with Crippen molar-refractivity contribution in [3.05, 3.63) is 0 Å². The van der Waals surface area contributed by atoms with Crippen LogP contribution < -0.4 is 11.5 Å². The fourth-order valence-corrected chi connectivity index (χ4v) is 3.97. The summed E-state index contributed by atoms with van der Waals surface area (Å²) in [5.41, 5.74) is 11.8. The van der Waals surface area contributed by atoms with Crippen molar-refractivity contribution in [3.8, 4) is 0 Å². The summed E-state index contributed by atoms with van der Waals surface area (Å²) in [4.78, 5) is 0. The molecule has 0 aromatic heterocycles. The van der Waals surface area contributed by atoms with Crippen LogP contribution in [0.15, 0.2) is 0 Å². The van der Waals surface area contributed by atoms with Gasteiger partial charge in [0, 0.05) is 6.61 Å². The van der Waals surface area contributed by atoms with Crippen molar-refractivity contribution in [1.82, 2.24) is 0 Å². The lowest BCUT2D eigenvalue weighted by molar-refractivity contribution is 0.263. The molecule has 1 saturated heterocycles. The minimum absolute atomic E-state index is 0.472. The second-order valence-corrected chi connectivity index (χ2v) is 6.28. The molecule has 3 nitrogen and oxygen atoms in total. The minimum Gasteiger partial charge on any atom is -0.417 e. The minimum atomic E-state index is -1.28. The van der Waals surface area contributed by atoms with E-state index in [9.17, 15) is 0 Å². The number of rotatable bonds is 2. The summed E-state index contributed by atoms with van der Waals surface area (Å²) in [5.74, 6) is 0. The molecule has 0 aliphatic carbocycles. The third kappa shape index (κ3) is 2.26. The Kier molecular flexibility index (Phi) is 3.06. The maximum Gasteiger partial charge on any atom is 0.211 e. The fraction of sp³-hybridized carbons (Fsp3) is 1.00. The van der Waals surface area contributed by atoms with Crippen LogP contribution in [-0.4, -0.2) is 20.9 Å². The first-order valence-electron chi connectivity index (χ1n) is 4.36.